The maximum absolute atomic E-state index is 12.2. The fourth-order valence-electron chi connectivity index (χ4n) is 3.79. The topological polar surface area (TPSA) is 51.1 Å². The van der Waals surface area contributed by atoms with E-state index < -0.39 is 0 Å². The van der Waals surface area contributed by atoms with Gasteiger partial charge in [-0.1, -0.05) is 30.3 Å². The SMILES string of the molecule is COC(=O)[C@@H]1CC(=O)N(C2CC[NH+](Cc3ccccc3)CC2)C1. The van der Waals surface area contributed by atoms with Crippen LogP contribution >= 0.6 is 0 Å². The molecule has 3 rings (SSSR count). The second kappa shape index (κ2) is 7.13. The number of nitrogens with one attached hydrogen (secondary N) is 1. The lowest BCUT2D eigenvalue weighted by Crippen LogP contribution is -3.12. The molecule has 5 heteroatoms. The Morgan fingerprint density at radius 1 is 1.26 bits per heavy atom. The van der Waals surface area contributed by atoms with Crippen LogP contribution in [0.5, 0.6) is 0 Å². The van der Waals surface area contributed by atoms with Crippen LogP contribution < -0.4 is 4.90 Å². The first kappa shape index (κ1) is 16.0. The number of quaternary nitrogens is 1. The van der Waals surface area contributed by atoms with Crippen molar-refractivity contribution in [3.63, 3.8) is 0 Å². The van der Waals surface area contributed by atoms with Crippen molar-refractivity contribution in [2.75, 3.05) is 26.7 Å². The lowest BCUT2D eigenvalue weighted by atomic mass is 10.0. The molecule has 124 valence electrons. The third-order valence-corrected chi connectivity index (χ3v) is 5.09. The lowest BCUT2D eigenvalue weighted by Gasteiger charge is -2.34. The number of rotatable bonds is 4. The van der Waals surface area contributed by atoms with Crippen LogP contribution in [0.2, 0.25) is 0 Å². The molecule has 2 heterocycles. The number of piperidine rings is 1. The van der Waals surface area contributed by atoms with Crippen LogP contribution in [0.3, 0.4) is 0 Å². The number of carbonyl (C=O) groups excluding carboxylic acids is 2. The fourth-order valence-corrected chi connectivity index (χ4v) is 3.79. The van der Waals surface area contributed by atoms with Crippen LogP contribution in [0.25, 0.3) is 0 Å². The zero-order valence-electron chi connectivity index (χ0n) is 13.7. The number of hydrogen-bond donors (Lipinski definition) is 1. The van der Waals surface area contributed by atoms with Gasteiger partial charge in [0.2, 0.25) is 5.91 Å². The molecule has 1 aromatic rings. The number of ether oxygens (including phenoxy) is 1. The van der Waals surface area contributed by atoms with Crippen molar-refractivity contribution in [1.29, 1.82) is 0 Å². The highest BCUT2D eigenvalue weighted by molar-refractivity contribution is 5.87. The van der Waals surface area contributed by atoms with Gasteiger partial charge in [0.05, 0.1) is 26.1 Å². The highest BCUT2D eigenvalue weighted by atomic mass is 16.5. The van der Waals surface area contributed by atoms with Crippen molar-refractivity contribution in [2.24, 2.45) is 5.92 Å². The zero-order valence-corrected chi connectivity index (χ0v) is 13.7. The second-order valence-corrected chi connectivity index (χ2v) is 6.61. The summed E-state index contributed by atoms with van der Waals surface area (Å²) < 4.78 is 4.78. The average molecular weight is 317 g/mol. The van der Waals surface area contributed by atoms with Gasteiger partial charge in [0, 0.05) is 37.4 Å². The highest BCUT2D eigenvalue weighted by Crippen LogP contribution is 2.24. The van der Waals surface area contributed by atoms with Crippen LogP contribution in [0.4, 0.5) is 0 Å². The van der Waals surface area contributed by atoms with E-state index in [0.29, 0.717) is 13.0 Å². The van der Waals surface area contributed by atoms with Crippen LogP contribution in [-0.4, -0.2) is 49.6 Å². The minimum Gasteiger partial charge on any atom is -0.469 e. The van der Waals surface area contributed by atoms with Gasteiger partial charge in [-0.3, -0.25) is 9.59 Å². The molecule has 1 amide bonds. The minimum atomic E-state index is -0.276. The van der Waals surface area contributed by atoms with Crippen molar-refractivity contribution < 1.29 is 19.2 Å². The summed E-state index contributed by atoms with van der Waals surface area (Å²) in [5.74, 6) is -0.424. The summed E-state index contributed by atoms with van der Waals surface area (Å²) in [7, 11) is 1.39. The average Bonchev–Trinajstić information content (AvgIpc) is 2.98. The quantitative estimate of drug-likeness (QED) is 0.810. The first-order valence-electron chi connectivity index (χ1n) is 8.42. The van der Waals surface area contributed by atoms with E-state index in [1.807, 2.05) is 11.0 Å². The first-order valence-corrected chi connectivity index (χ1v) is 8.42. The maximum atomic E-state index is 12.2. The molecule has 5 nitrogen and oxygen atoms in total. The van der Waals surface area contributed by atoms with Crippen molar-refractivity contribution in [2.45, 2.75) is 31.8 Å². The Bertz CT molecular complexity index is 553. The van der Waals surface area contributed by atoms with Gasteiger partial charge >= 0.3 is 5.97 Å². The Morgan fingerprint density at radius 2 is 1.96 bits per heavy atom. The molecule has 0 unspecified atom stereocenters. The van der Waals surface area contributed by atoms with Crippen molar-refractivity contribution in [3.05, 3.63) is 35.9 Å². The third-order valence-electron chi connectivity index (χ3n) is 5.09. The number of hydrogen-bond acceptors (Lipinski definition) is 3. The van der Waals surface area contributed by atoms with E-state index in [0.717, 1.165) is 32.5 Å². The Kier molecular flexibility index (Phi) is 4.96. The molecule has 1 aromatic carbocycles. The van der Waals surface area contributed by atoms with Crippen LogP contribution in [-0.2, 0) is 20.9 Å². The monoisotopic (exact) mass is 317 g/mol. The standard InChI is InChI=1S/C18H24N2O3/c1-23-18(22)15-11-17(21)20(13-15)16-7-9-19(10-8-16)12-14-5-3-2-4-6-14/h2-6,15-16H,7-13H2,1H3/p+1/t15-/m1/s1. The van der Waals surface area contributed by atoms with Crippen molar-refractivity contribution >= 4 is 11.9 Å². The van der Waals surface area contributed by atoms with Crippen molar-refractivity contribution in [1.82, 2.24) is 4.90 Å². The lowest BCUT2D eigenvalue weighted by molar-refractivity contribution is -0.919. The molecular weight excluding hydrogens is 292 g/mol. The molecule has 0 aromatic heterocycles. The second-order valence-electron chi connectivity index (χ2n) is 6.61. The van der Waals surface area contributed by atoms with Crippen LogP contribution in [0.1, 0.15) is 24.8 Å². The van der Waals surface area contributed by atoms with Gasteiger partial charge in [-0.25, -0.2) is 0 Å². The molecule has 2 saturated heterocycles. The molecule has 2 aliphatic rings. The largest absolute Gasteiger partial charge is 0.469 e. The van der Waals surface area contributed by atoms with Crippen LogP contribution in [0.15, 0.2) is 30.3 Å². The molecule has 1 N–H and O–H groups in total. The zero-order chi connectivity index (χ0) is 16.2. The maximum Gasteiger partial charge on any atom is 0.310 e. The number of likely N-dealkylation sites (tertiary alicyclic amines) is 2. The summed E-state index contributed by atoms with van der Waals surface area (Å²) >= 11 is 0. The van der Waals surface area contributed by atoms with E-state index in [1.54, 1.807) is 4.90 Å². The molecule has 0 aliphatic carbocycles. The van der Waals surface area contributed by atoms with Gasteiger partial charge in [-0.2, -0.15) is 0 Å². The van der Waals surface area contributed by atoms with Gasteiger partial charge in [0.15, 0.2) is 0 Å². The fraction of sp³-hybridized carbons (Fsp3) is 0.556. The van der Waals surface area contributed by atoms with E-state index in [9.17, 15) is 9.59 Å². The predicted octanol–water partition coefficient (Wildman–Crippen LogP) is 0.255. The summed E-state index contributed by atoms with van der Waals surface area (Å²) in [4.78, 5) is 27.3. The normalized spacial score (nSPS) is 28.0. The van der Waals surface area contributed by atoms with E-state index in [4.69, 9.17) is 4.74 Å². The van der Waals surface area contributed by atoms with E-state index >= 15 is 0 Å². The number of carbonyl (C=O) groups is 2. The Morgan fingerprint density at radius 3 is 2.61 bits per heavy atom. The summed E-state index contributed by atoms with van der Waals surface area (Å²) in [6.45, 7) is 3.73. The number of esters is 1. The summed E-state index contributed by atoms with van der Waals surface area (Å²) in [5.41, 5.74) is 1.36. The number of methoxy groups -OCH3 is 1. The third kappa shape index (κ3) is 3.72. The molecule has 0 bridgehead atoms. The molecule has 1 atom stereocenters. The highest BCUT2D eigenvalue weighted by Gasteiger charge is 2.40. The molecular formula is C18H25N2O3+. The van der Waals surface area contributed by atoms with Gasteiger partial charge in [-0.15, -0.1) is 0 Å². The molecule has 23 heavy (non-hydrogen) atoms. The van der Waals surface area contributed by atoms with Gasteiger partial charge in [0.25, 0.3) is 0 Å². The van der Waals surface area contributed by atoms with E-state index in [2.05, 4.69) is 24.3 Å². The smallest absolute Gasteiger partial charge is 0.310 e. The van der Waals surface area contributed by atoms with Crippen molar-refractivity contribution in [3.8, 4) is 0 Å². The summed E-state index contributed by atoms with van der Waals surface area (Å²) in [6.07, 6.45) is 2.34. The molecule has 2 aliphatic heterocycles. The number of amides is 1. The van der Waals surface area contributed by atoms with E-state index in [1.165, 1.54) is 12.7 Å². The molecule has 0 spiro atoms. The van der Waals surface area contributed by atoms with E-state index in [-0.39, 0.29) is 23.8 Å². The molecule has 0 saturated carbocycles. The minimum absolute atomic E-state index is 0.108. The number of benzene rings is 1. The van der Waals surface area contributed by atoms with Gasteiger partial charge in [0.1, 0.15) is 6.54 Å². The summed E-state index contributed by atoms with van der Waals surface area (Å²) in [6, 6.07) is 10.8. The first-order chi connectivity index (χ1) is 11.2. The molecule has 2 fully saturated rings. The Balaban J connectivity index is 1.51. The number of nitrogens with zero attached hydrogens (tertiary/aromatic N) is 1. The van der Waals surface area contributed by atoms with Crippen LogP contribution in [0, 0.1) is 5.92 Å². The van der Waals surface area contributed by atoms with Gasteiger partial charge < -0.3 is 14.5 Å². The van der Waals surface area contributed by atoms with Gasteiger partial charge in [-0.05, 0) is 0 Å². The Labute approximate surface area is 137 Å². The molecule has 0 radical (unpaired) electrons. The summed E-state index contributed by atoms with van der Waals surface area (Å²) in [5, 5.41) is 0. The predicted molar refractivity (Wildman–Crippen MR) is 85.7 cm³/mol. The Hall–Kier alpha value is -1.88.